The Morgan fingerprint density at radius 1 is 1.15 bits per heavy atom. The van der Waals surface area contributed by atoms with E-state index in [1.165, 1.54) is 18.3 Å². The van der Waals surface area contributed by atoms with Crippen LogP contribution in [0.3, 0.4) is 0 Å². The summed E-state index contributed by atoms with van der Waals surface area (Å²) in [5.74, 6) is 0.0331. The van der Waals surface area contributed by atoms with Gasteiger partial charge in [-0.05, 0) is 25.1 Å². The van der Waals surface area contributed by atoms with Crippen molar-refractivity contribution in [1.29, 1.82) is 0 Å². The van der Waals surface area contributed by atoms with Gasteiger partial charge in [0.2, 0.25) is 5.95 Å². The lowest BCUT2D eigenvalue weighted by Gasteiger charge is -2.07. The maximum atomic E-state index is 11.9. The number of rotatable bonds is 3. The van der Waals surface area contributed by atoms with E-state index in [9.17, 15) is 13.2 Å². The van der Waals surface area contributed by atoms with Crippen LogP contribution in [0, 0.1) is 6.92 Å². The predicted octanol–water partition coefficient (Wildman–Crippen LogP) is 1.30. The second-order valence-electron chi connectivity index (χ2n) is 3.89. The summed E-state index contributed by atoms with van der Waals surface area (Å²) >= 11 is 0. The number of amides is 2. The minimum absolute atomic E-state index is 0.000288. The van der Waals surface area contributed by atoms with Gasteiger partial charge in [0, 0.05) is 11.9 Å². The summed E-state index contributed by atoms with van der Waals surface area (Å²) in [5, 5.41) is 2.26. The highest BCUT2D eigenvalue weighted by Crippen LogP contribution is 2.07. The number of carbonyl (C=O) groups is 1. The zero-order valence-electron chi connectivity index (χ0n) is 10.6. The topological polar surface area (TPSA) is 101 Å². The average molecular weight is 292 g/mol. The lowest BCUT2D eigenvalue weighted by molar-refractivity contribution is 0.256. The maximum absolute atomic E-state index is 11.9. The minimum Gasteiger partial charge on any atom is -0.275 e. The van der Waals surface area contributed by atoms with Crippen molar-refractivity contribution < 1.29 is 13.2 Å². The number of benzene rings is 1. The summed E-state index contributed by atoms with van der Waals surface area (Å²) in [6.07, 6.45) is 1.46. The van der Waals surface area contributed by atoms with Gasteiger partial charge in [-0.1, -0.05) is 18.2 Å². The van der Waals surface area contributed by atoms with Crippen molar-refractivity contribution in [2.75, 3.05) is 5.32 Å². The Bertz CT molecular complexity index is 716. The van der Waals surface area contributed by atoms with Crippen LogP contribution in [0.15, 0.2) is 47.5 Å². The first kappa shape index (κ1) is 13.9. The van der Waals surface area contributed by atoms with Gasteiger partial charge in [-0.3, -0.25) is 5.32 Å². The zero-order chi connectivity index (χ0) is 14.6. The third kappa shape index (κ3) is 3.51. The molecule has 0 atom stereocenters. The lowest BCUT2D eigenvalue weighted by Crippen LogP contribution is -2.34. The normalized spacial score (nSPS) is 10.8. The molecule has 0 bridgehead atoms. The van der Waals surface area contributed by atoms with E-state index >= 15 is 0 Å². The van der Waals surface area contributed by atoms with Gasteiger partial charge in [0.1, 0.15) is 0 Å². The molecule has 0 spiro atoms. The monoisotopic (exact) mass is 292 g/mol. The van der Waals surface area contributed by atoms with Crippen molar-refractivity contribution in [2.24, 2.45) is 0 Å². The summed E-state index contributed by atoms with van der Waals surface area (Å²) < 4.78 is 25.7. The first-order valence-corrected chi connectivity index (χ1v) is 7.14. The molecule has 0 saturated heterocycles. The number of sulfonamides is 1. The Kier molecular flexibility index (Phi) is 3.94. The number of anilines is 1. The summed E-state index contributed by atoms with van der Waals surface area (Å²) in [6, 6.07) is 8.33. The Labute approximate surface area is 116 Å². The molecule has 2 N–H and O–H groups in total. The first-order valence-electron chi connectivity index (χ1n) is 5.66. The van der Waals surface area contributed by atoms with Crippen molar-refractivity contribution >= 4 is 22.0 Å². The SMILES string of the molecule is Cc1ccnc(NC(=O)NS(=O)(=O)c2ccccc2)n1. The molecule has 2 aromatic rings. The van der Waals surface area contributed by atoms with Crippen molar-refractivity contribution in [3.63, 3.8) is 0 Å². The van der Waals surface area contributed by atoms with E-state index in [-0.39, 0.29) is 10.8 Å². The molecule has 1 heterocycles. The number of hydrogen-bond donors (Lipinski definition) is 2. The van der Waals surface area contributed by atoms with Gasteiger partial charge in [-0.25, -0.2) is 27.9 Å². The fourth-order valence-corrected chi connectivity index (χ4v) is 2.35. The third-order valence-electron chi connectivity index (χ3n) is 2.30. The highest BCUT2D eigenvalue weighted by molar-refractivity contribution is 7.90. The van der Waals surface area contributed by atoms with E-state index < -0.39 is 16.1 Å². The molecule has 8 heteroatoms. The van der Waals surface area contributed by atoms with Gasteiger partial charge in [-0.15, -0.1) is 0 Å². The average Bonchev–Trinajstić information content (AvgIpc) is 2.39. The van der Waals surface area contributed by atoms with Crippen LogP contribution in [0.4, 0.5) is 10.7 Å². The quantitative estimate of drug-likeness (QED) is 0.887. The molecule has 0 radical (unpaired) electrons. The van der Waals surface area contributed by atoms with Gasteiger partial charge in [0.05, 0.1) is 4.90 Å². The molecule has 2 amide bonds. The van der Waals surface area contributed by atoms with E-state index in [1.807, 2.05) is 4.72 Å². The van der Waals surface area contributed by atoms with Gasteiger partial charge in [0.25, 0.3) is 10.0 Å². The molecule has 0 unspecified atom stereocenters. The Balaban J connectivity index is 2.09. The standard InChI is InChI=1S/C12H12N4O3S/c1-9-7-8-13-11(14-9)15-12(17)16-20(18,19)10-5-3-2-4-6-10/h2-8H,1H3,(H2,13,14,15,16,17). The van der Waals surface area contributed by atoms with E-state index in [0.717, 1.165) is 0 Å². The second kappa shape index (κ2) is 5.66. The molecule has 1 aromatic carbocycles. The number of aromatic nitrogens is 2. The Morgan fingerprint density at radius 3 is 2.50 bits per heavy atom. The van der Waals surface area contributed by atoms with Gasteiger partial charge in [-0.2, -0.15) is 0 Å². The lowest BCUT2D eigenvalue weighted by atomic mass is 10.4. The van der Waals surface area contributed by atoms with Gasteiger partial charge in [0.15, 0.2) is 0 Å². The molecule has 2 rings (SSSR count). The maximum Gasteiger partial charge on any atom is 0.335 e. The van der Waals surface area contributed by atoms with E-state index in [2.05, 4.69) is 15.3 Å². The molecular weight excluding hydrogens is 280 g/mol. The molecule has 7 nitrogen and oxygen atoms in total. The zero-order valence-corrected chi connectivity index (χ0v) is 11.4. The number of urea groups is 1. The van der Waals surface area contributed by atoms with Crippen molar-refractivity contribution in [1.82, 2.24) is 14.7 Å². The molecule has 1 aromatic heterocycles. The Hall–Kier alpha value is -2.48. The highest BCUT2D eigenvalue weighted by Gasteiger charge is 2.17. The summed E-state index contributed by atoms with van der Waals surface area (Å²) in [7, 11) is -3.91. The minimum atomic E-state index is -3.91. The van der Waals surface area contributed by atoms with Crippen LogP contribution in [0.5, 0.6) is 0 Å². The van der Waals surface area contributed by atoms with Crippen LogP contribution in [-0.2, 0) is 10.0 Å². The molecule has 20 heavy (non-hydrogen) atoms. The Morgan fingerprint density at radius 2 is 1.85 bits per heavy atom. The van der Waals surface area contributed by atoms with Crippen LogP contribution >= 0.6 is 0 Å². The molecular formula is C12H12N4O3S. The predicted molar refractivity (Wildman–Crippen MR) is 72.6 cm³/mol. The molecule has 0 aliphatic heterocycles. The third-order valence-corrected chi connectivity index (χ3v) is 3.65. The molecule has 104 valence electrons. The van der Waals surface area contributed by atoms with Crippen LogP contribution in [0.25, 0.3) is 0 Å². The van der Waals surface area contributed by atoms with Crippen molar-refractivity contribution in [3.8, 4) is 0 Å². The number of nitrogens with one attached hydrogen (secondary N) is 2. The molecule has 0 saturated carbocycles. The first-order chi connectivity index (χ1) is 9.47. The highest BCUT2D eigenvalue weighted by atomic mass is 32.2. The summed E-state index contributed by atoms with van der Waals surface area (Å²) in [4.78, 5) is 19.4. The smallest absolute Gasteiger partial charge is 0.275 e. The van der Waals surface area contributed by atoms with Crippen LogP contribution in [0.2, 0.25) is 0 Å². The van der Waals surface area contributed by atoms with Crippen LogP contribution in [-0.4, -0.2) is 24.4 Å². The van der Waals surface area contributed by atoms with E-state index in [1.54, 1.807) is 31.2 Å². The number of aryl methyl sites for hydroxylation is 1. The van der Waals surface area contributed by atoms with E-state index in [0.29, 0.717) is 5.69 Å². The second-order valence-corrected chi connectivity index (χ2v) is 5.58. The van der Waals surface area contributed by atoms with Gasteiger partial charge >= 0.3 is 6.03 Å². The summed E-state index contributed by atoms with van der Waals surface area (Å²) in [6.45, 7) is 1.73. The fourth-order valence-electron chi connectivity index (χ4n) is 1.42. The van der Waals surface area contributed by atoms with Gasteiger partial charge < -0.3 is 0 Å². The number of carbonyl (C=O) groups excluding carboxylic acids is 1. The van der Waals surface area contributed by atoms with Crippen molar-refractivity contribution in [3.05, 3.63) is 48.3 Å². The fraction of sp³-hybridized carbons (Fsp3) is 0.0833. The van der Waals surface area contributed by atoms with Crippen LogP contribution < -0.4 is 10.0 Å². The molecule has 0 aliphatic carbocycles. The van der Waals surface area contributed by atoms with Crippen molar-refractivity contribution in [2.45, 2.75) is 11.8 Å². The molecule has 0 fully saturated rings. The van der Waals surface area contributed by atoms with Crippen LogP contribution in [0.1, 0.15) is 5.69 Å². The number of nitrogens with zero attached hydrogens (tertiary/aromatic N) is 2. The number of hydrogen-bond acceptors (Lipinski definition) is 5. The summed E-state index contributed by atoms with van der Waals surface area (Å²) in [5.41, 5.74) is 0.654. The molecule has 0 aliphatic rings. The van der Waals surface area contributed by atoms with E-state index in [4.69, 9.17) is 0 Å². The largest absolute Gasteiger partial charge is 0.335 e.